The predicted molar refractivity (Wildman–Crippen MR) is 132 cm³/mol. The molecule has 0 radical (unpaired) electrons. The molecule has 0 spiro atoms. The predicted octanol–water partition coefficient (Wildman–Crippen LogP) is 6.77. The molecular weight excluding hydrogens is 541 g/mol. The second-order valence-electron chi connectivity index (χ2n) is 9.03. The third-order valence-electron chi connectivity index (χ3n) is 6.42. The van der Waals surface area contributed by atoms with E-state index in [4.69, 9.17) is 0 Å². The van der Waals surface area contributed by atoms with Crippen LogP contribution >= 0.6 is 11.3 Å². The molecule has 3 aromatic carbocycles. The fourth-order valence-electron chi connectivity index (χ4n) is 4.63. The molecule has 0 N–H and O–H groups in total. The van der Waals surface area contributed by atoms with Crippen molar-refractivity contribution in [3.63, 3.8) is 0 Å². The number of alkyl halides is 4. The number of carbonyl (C=O) groups is 1. The van der Waals surface area contributed by atoms with Gasteiger partial charge in [-0.25, -0.2) is 9.18 Å². The minimum atomic E-state index is -4.87. The fraction of sp³-hybridized carbons (Fsp3) is 0.185. The molecule has 3 heterocycles. The van der Waals surface area contributed by atoms with Crippen LogP contribution in [-0.2, 0) is 6.42 Å². The number of anilines is 1. The van der Waals surface area contributed by atoms with Gasteiger partial charge in [-0.05, 0) is 54.8 Å². The van der Waals surface area contributed by atoms with Gasteiger partial charge < -0.3 is 9.47 Å². The lowest BCUT2D eigenvalue weighted by molar-refractivity contribution is -0.391. The summed E-state index contributed by atoms with van der Waals surface area (Å²) in [5, 5.41) is 0. The Kier molecular flexibility index (Phi) is 5.75. The Balaban J connectivity index is 1.40. The van der Waals surface area contributed by atoms with Crippen LogP contribution in [0.1, 0.15) is 22.0 Å². The summed E-state index contributed by atoms with van der Waals surface area (Å²) in [7, 11) is 0. The first-order chi connectivity index (χ1) is 18.5. The van der Waals surface area contributed by atoms with Gasteiger partial charge in [0.1, 0.15) is 5.82 Å². The van der Waals surface area contributed by atoms with Gasteiger partial charge in [0.2, 0.25) is 0 Å². The monoisotopic (exact) mass is 559 g/mol. The van der Waals surface area contributed by atoms with Gasteiger partial charge >= 0.3 is 18.2 Å². The average Bonchev–Trinajstić information content (AvgIpc) is 3.44. The summed E-state index contributed by atoms with van der Waals surface area (Å²) in [5.41, 5.74) is 2.57. The average molecular weight is 560 g/mol. The SMILES string of the molecule is Cc1cn(-c2ccc3c(c2)OC(F)(F)C(F)(F)O3)c(=NC(=O)N2c3ccccc3CC2c2ccc(F)cc2)s1. The molecular formula is C27H18F5N3O3S. The minimum Gasteiger partial charge on any atom is -0.421 e. The normalized spacial score (nSPS) is 19.2. The van der Waals surface area contributed by atoms with Crippen LogP contribution in [0.15, 0.2) is 77.9 Å². The number of aromatic nitrogens is 1. The Bertz CT molecular complexity index is 1670. The van der Waals surface area contributed by atoms with E-state index in [2.05, 4.69) is 14.5 Å². The van der Waals surface area contributed by atoms with Crippen LogP contribution in [0.2, 0.25) is 0 Å². The van der Waals surface area contributed by atoms with E-state index >= 15 is 0 Å². The maximum atomic E-state index is 13.8. The second-order valence-corrected chi connectivity index (χ2v) is 10.2. The number of halogens is 5. The molecule has 1 atom stereocenters. The van der Waals surface area contributed by atoms with Crippen LogP contribution < -0.4 is 19.2 Å². The highest BCUT2D eigenvalue weighted by Gasteiger charge is 2.66. The number of hydrogen-bond donors (Lipinski definition) is 0. The van der Waals surface area contributed by atoms with E-state index in [1.54, 1.807) is 37.4 Å². The first kappa shape index (κ1) is 25.1. The number of aryl methyl sites for hydroxylation is 1. The number of thiazole rings is 1. The molecule has 0 bridgehead atoms. The van der Waals surface area contributed by atoms with Crippen LogP contribution in [0.4, 0.5) is 32.4 Å². The highest BCUT2D eigenvalue weighted by Crippen LogP contribution is 2.47. The van der Waals surface area contributed by atoms with Crippen molar-refractivity contribution in [2.75, 3.05) is 4.90 Å². The number of carbonyl (C=O) groups excluding carboxylic acids is 1. The Morgan fingerprint density at radius 1 is 0.974 bits per heavy atom. The smallest absolute Gasteiger partial charge is 0.421 e. The molecule has 1 aromatic heterocycles. The van der Waals surface area contributed by atoms with Crippen molar-refractivity contribution >= 4 is 23.1 Å². The number of ether oxygens (including phenoxy) is 2. The summed E-state index contributed by atoms with van der Waals surface area (Å²) in [6.07, 6.45) is -7.55. The zero-order valence-corrected chi connectivity index (χ0v) is 20.9. The van der Waals surface area contributed by atoms with Crippen LogP contribution in [-0.4, -0.2) is 22.8 Å². The number of urea groups is 1. The molecule has 0 fully saturated rings. The highest BCUT2D eigenvalue weighted by molar-refractivity contribution is 7.09. The second kappa shape index (κ2) is 8.94. The number of amides is 2. The van der Waals surface area contributed by atoms with Crippen molar-refractivity contribution in [2.45, 2.75) is 31.6 Å². The molecule has 0 saturated carbocycles. The number of nitrogens with zero attached hydrogens (tertiary/aromatic N) is 3. The van der Waals surface area contributed by atoms with Gasteiger partial charge in [-0.15, -0.1) is 11.3 Å². The Hall–Kier alpha value is -4.19. The van der Waals surface area contributed by atoms with Crippen LogP contribution in [0.25, 0.3) is 5.69 Å². The largest absolute Gasteiger partial charge is 0.507 e. The first-order valence-electron chi connectivity index (χ1n) is 11.7. The molecule has 2 aliphatic rings. The third kappa shape index (κ3) is 4.34. The van der Waals surface area contributed by atoms with Gasteiger partial charge in [0.05, 0.1) is 11.7 Å². The van der Waals surface area contributed by atoms with E-state index in [0.29, 0.717) is 12.1 Å². The summed E-state index contributed by atoms with van der Waals surface area (Å²) in [6, 6.07) is 15.8. The van der Waals surface area contributed by atoms with Crippen molar-refractivity contribution in [2.24, 2.45) is 4.99 Å². The van der Waals surface area contributed by atoms with Gasteiger partial charge in [0.25, 0.3) is 0 Å². The Morgan fingerprint density at radius 3 is 2.41 bits per heavy atom. The zero-order valence-electron chi connectivity index (χ0n) is 20.1. The topological polar surface area (TPSA) is 56.1 Å². The van der Waals surface area contributed by atoms with Gasteiger partial charge in [-0.3, -0.25) is 9.47 Å². The highest BCUT2D eigenvalue weighted by atomic mass is 32.1. The summed E-state index contributed by atoms with van der Waals surface area (Å²) in [4.78, 5) is 20.5. The molecule has 1 unspecified atom stereocenters. The Labute approximate surface area is 222 Å². The lowest BCUT2D eigenvalue weighted by Crippen LogP contribution is -2.52. The molecule has 6 rings (SSSR count). The Morgan fingerprint density at radius 2 is 1.67 bits per heavy atom. The van der Waals surface area contributed by atoms with Crippen molar-refractivity contribution in [1.82, 2.24) is 4.57 Å². The van der Waals surface area contributed by atoms with E-state index in [9.17, 15) is 26.7 Å². The van der Waals surface area contributed by atoms with Gasteiger partial charge in [0.15, 0.2) is 16.3 Å². The molecule has 6 nitrogen and oxygen atoms in total. The van der Waals surface area contributed by atoms with Gasteiger partial charge in [0, 0.05) is 22.8 Å². The van der Waals surface area contributed by atoms with E-state index in [-0.39, 0.29) is 10.5 Å². The van der Waals surface area contributed by atoms with E-state index in [1.807, 2.05) is 12.1 Å². The van der Waals surface area contributed by atoms with Crippen LogP contribution in [0, 0.1) is 12.7 Å². The number of fused-ring (bicyclic) bond motifs is 2. The summed E-state index contributed by atoms with van der Waals surface area (Å²) in [6.45, 7) is 1.77. The van der Waals surface area contributed by atoms with Crippen molar-refractivity contribution in [3.8, 4) is 17.2 Å². The van der Waals surface area contributed by atoms with Crippen molar-refractivity contribution < 1.29 is 36.2 Å². The molecule has 4 aromatic rings. The molecule has 2 amide bonds. The minimum absolute atomic E-state index is 0.216. The van der Waals surface area contributed by atoms with E-state index in [1.165, 1.54) is 39.0 Å². The lowest BCUT2D eigenvalue weighted by Gasteiger charge is -2.31. The lowest BCUT2D eigenvalue weighted by atomic mass is 10.0. The molecule has 0 saturated heterocycles. The summed E-state index contributed by atoms with van der Waals surface area (Å²) in [5.74, 6) is -1.53. The van der Waals surface area contributed by atoms with Crippen LogP contribution in [0.5, 0.6) is 11.5 Å². The van der Waals surface area contributed by atoms with E-state index < -0.39 is 41.6 Å². The van der Waals surface area contributed by atoms with Crippen molar-refractivity contribution in [1.29, 1.82) is 0 Å². The molecule has 0 aliphatic carbocycles. The van der Waals surface area contributed by atoms with Gasteiger partial charge in [-0.2, -0.15) is 22.6 Å². The maximum Gasteiger partial charge on any atom is 0.507 e. The number of para-hydroxylation sites is 1. The number of benzene rings is 3. The summed E-state index contributed by atoms with van der Waals surface area (Å²) >= 11 is 1.17. The molecule has 2 aliphatic heterocycles. The number of rotatable bonds is 2. The summed E-state index contributed by atoms with van der Waals surface area (Å²) < 4.78 is 78.1. The molecule has 200 valence electrons. The van der Waals surface area contributed by atoms with Gasteiger partial charge in [-0.1, -0.05) is 30.3 Å². The maximum absolute atomic E-state index is 13.8. The molecule has 39 heavy (non-hydrogen) atoms. The quantitative estimate of drug-likeness (QED) is 0.255. The first-order valence-corrected chi connectivity index (χ1v) is 12.5. The third-order valence-corrected chi connectivity index (χ3v) is 7.32. The van der Waals surface area contributed by atoms with Crippen LogP contribution in [0.3, 0.4) is 0 Å². The zero-order chi connectivity index (χ0) is 27.5. The standard InChI is InChI=1S/C27H18F5N3O3S/c1-15-14-34(19-10-11-22-23(13-19)38-27(31,32)26(29,30)37-22)25(39-15)33-24(36)35-20-5-3-2-4-17(20)12-21(35)16-6-8-18(28)9-7-16/h2-11,13-14,21H,12H2,1H3. The van der Waals surface area contributed by atoms with E-state index in [0.717, 1.165) is 28.1 Å². The number of hydrogen-bond acceptors (Lipinski definition) is 4. The fourth-order valence-corrected chi connectivity index (χ4v) is 5.46. The molecule has 12 heteroatoms. The van der Waals surface area contributed by atoms with Crippen molar-refractivity contribution in [3.05, 3.63) is 99.5 Å².